The number of aliphatic hydroxyl groups excluding tert-OH is 1. The number of nitrogens with zero attached hydrogens (tertiary/aromatic N) is 2. The van der Waals surface area contributed by atoms with E-state index in [9.17, 15) is 9.90 Å². The van der Waals surface area contributed by atoms with Crippen molar-refractivity contribution in [3.8, 4) is 0 Å². The minimum Gasteiger partial charge on any atom is -0.444 e. The van der Waals surface area contributed by atoms with Gasteiger partial charge in [-0.1, -0.05) is 19.0 Å². The second-order valence-electron chi connectivity index (χ2n) is 5.51. The van der Waals surface area contributed by atoms with Gasteiger partial charge in [0.1, 0.15) is 5.60 Å². The Kier molecular flexibility index (Phi) is 5.50. The van der Waals surface area contributed by atoms with Crippen LogP contribution >= 0.6 is 0 Å². The Morgan fingerprint density at radius 1 is 1.45 bits per heavy atom. The van der Waals surface area contributed by atoms with E-state index >= 15 is 0 Å². The van der Waals surface area contributed by atoms with Crippen LogP contribution in [0.2, 0.25) is 0 Å². The van der Waals surface area contributed by atoms with Crippen molar-refractivity contribution in [3.63, 3.8) is 0 Å². The number of alkyl carbamates (subject to hydrolysis) is 1. The summed E-state index contributed by atoms with van der Waals surface area (Å²) in [4.78, 5) is 15.8. The topological polar surface area (TPSA) is 97.5 Å². The van der Waals surface area contributed by atoms with E-state index in [4.69, 9.17) is 9.26 Å². The van der Waals surface area contributed by atoms with Gasteiger partial charge >= 0.3 is 6.09 Å². The van der Waals surface area contributed by atoms with E-state index in [1.165, 1.54) is 0 Å². The molecule has 0 saturated carbocycles. The number of aromatic nitrogens is 2. The number of rotatable bonds is 5. The van der Waals surface area contributed by atoms with Crippen LogP contribution in [0, 0.1) is 0 Å². The monoisotopic (exact) mass is 285 g/mol. The van der Waals surface area contributed by atoms with Crippen molar-refractivity contribution in [2.45, 2.75) is 65.2 Å². The summed E-state index contributed by atoms with van der Waals surface area (Å²) in [6.07, 6.45) is -0.518. The molecule has 7 heteroatoms. The highest BCUT2D eigenvalue weighted by Gasteiger charge is 2.28. The molecule has 2 N–H and O–H groups in total. The molecule has 7 nitrogen and oxygen atoms in total. The van der Waals surface area contributed by atoms with Gasteiger partial charge in [-0.25, -0.2) is 4.79 Å². The van der Waals surface area contributed by atoms with Crippen LogP contribution in [0.4, 0.5) is 4.79 Å². The van der Waals surface area contributed by atoms with E-state index in [0.29, 0.717) is 18.7 Å². The Bertz CT molecular complexity index is 439. The fourth-order valence-corrected chi connectivity index (χ4v) is 1.57. The van der Waals surface area contributed by atoms with Crippen LogP contribution in [0.25, 0.3) is 0 Å². The van der Waals surface area contributed by atoms with Crippen LogP contribution in [-0.2, 0) is 11.2 Å². The molecule has 0 aliphatic heterocycles. The van der Waals surface area contributed by atoms with Crippen molar-refractivity contribution < 1.29 is 19.2 Å². The summed E-state index contributed by atoms with van der Waals surface area (Å²) in [7, 11) is 0. The molecule has 0 aliphatic carbocycles. The number of aliphatic hydroxyl groups is 1. The van der Waals surface area contributed by atoms with Gasteiger partial charge in [0, 0.05) is 6.42 Å². The molecule has 1 heterocycles. The minimum atomic E-state index is -1.06. The molecule has 0 aliphatic rings. The zero-order valence-electron chi connectivity index (χ0n) is 12.6. The van der Waals surface area contributed by atoms with Gasteiger partial charge in [-0.05, 0) is 27.2 Å². The number of hydrogen-bond donors (Lipinski definition) is 2. The Hall–Kier alpha value is -1.63. The Morgan fingerprint density at radius 3 is 2.55 bits per heavy atom. The van der Waals surface area contributed by atoms with Gasteiger partial charge in [0.15, 0.2) is 11.9 Å². The number of aryl methyl sites for hydroxylation is 1. The van der Waals surface area contributed by atoms with Gasteiger partial charge in [-0.2, -0.15) is 4.98 Å². The predicted octanol–water partition coefficient (Wildman–Crippen LogP) is 1.97. The highest BCUT2D eigenvalue weighted by molar-refractivity contribution is 5.68. The zero-order valence-corrected chi connectivity index (χ0v) is 12.6. The van der Waals surface area contributed by atoms with Gasteiger partial charge in [-0.15, -0.1) is 0 Å². The second kappa shape index (κ2) is 6.69. The third kappa shape index (κ3) is 4.80. The maximum atomic E-state index is 11.7. The van der Waals surface area contributed by atoms with Gasteiger partial charge in [0.2, 0.25) is 0 Å². The van der Waals surface area contributed by atoms with Crippen molar-refractivity contribution in [2.24, 2.45) is 0 Å². The Labute approximate surface area is 118 Å². The quantitative estimate of drug-likeness (QED) is 0.858. The summed E-state index contributed by atoms with van der Waals surface area (Å²) < 4.78 is 10.1. The normalized spacial score (nSPS) is 14.7. The lowest BCUT2D eigenvalue weighted by Gasteiger charge is -2.24. The second-order valence-corrected chi connectivity index (χ2v) is 5.51. The molecule has 0 bridgehead atoms. The first kappa shape index (κ1) is 16.4. The largest absolute Gasteiger partial charge is 0.444 e. The van der Waals surface area contributed by atoms with Crippen LogP contribution in [0.1, 0.15) is 58.9 Å². The third-order valence-electron chi connectivity index (χ3n) is 2.58. The average Bonchev–Trinajstić information content (AvgIpc) is 2.81. The summed E-state index contributed by atoms with van der Waals surface area (Å²) in [5.41, 5.74) is -0.590. The van der Waals surface area contributed by atoms with Crippen LogP contribution in [0.3, 0.4) is 0 Å². The summed E-state index contributed by atoms with van der Waals surface area (Å²) in [6.45, 7) is 9.04. The molecule has 0 saturated heterocycles. The molecule has 0 fully saturated rings. The smallest absolute Gasteiger partial charge is 0.407 e. The van der Waals surface area contributed by atoms with Crippen LogP contribution in [0.5, 0.6) is 0 Å². The number of ether oxygens (including phenoxy) is 1. The van der Waals surface area contributed by atoms with E-state index in [-0.39, 0.29) is 5.89 Å². The third-order valence-corrected chi connectivity index (χ3v) is 2.58. The molecule has 2 atom stereocenters. The lowest BCUT2D eigenvalue weighted by atomic mass is 10.1. The van der Waals surface area contributed by atoms with Gasteiger partial charge in [0.25, 0.3) is 5.89 Å². The zero-order chi connectivity index (χ0) is 15.3. The number of carbonyl (C=O) groups is 1. The fourth-order valence-electron chi connectivity index (χ4n) is 1.57. The first-order valence-corrected chi connectivity index (χ1v) is 6.76. The van der Waals surface area contributed by atoms with Crippen LogP contribution < -0.4 is 5.32 Å². The van der Waals surface area contributed by atoms with E-state index in [1.807, 2.05) is 13.8 Å². The van der Waals surface area contributed by atoms with Gasteiger partial charge < -0.3 is 19.7 Å². The van der Waals surface area contributed by atoms with E-state index in [0.717, 1.165) is 0 Å². The molecule has 1 aromatic heterocycles. The van der Waals surface area contributed by atoms with Crippen molar-refractivity contribution >= 4 is 6.09 Å². The lowest BCUT2D eigenvalue weighted by molar-refractivity contribution is 0.0375. The van der Waals surface area contributed by atoms with E-state index in [2.05, 4.69) is 15.5 Å². The van der Waals surface area contributed by atoms with E-state index in [1.54, 1.807) is 20.8 Å². The number of hydrogen-bond acceptors (Lipinski definition) is 6. The van der Waals surface area contributed by atoms with Crippen molar-refractivity contribution in [3.05, 3.63) is 11.7 Å². The maximum absolute atomic E-state index is 11.7. The molecule has 1 aromatic rings. The molecule has 20 heavy (non-hydrogen) atoms. The summed E-state index contributed by atoms with van der Waals surface area (Å²) in [5.74, 6) is 0.621. The summed E-state index contributed by atoms with van der Waals surface area (Å²) >= 11 is 0. The first-order valence-electron chi connectivity index (χ1n) is 6.76. The number of carbonyl (C=O) groups excluding carboxylic acids is 1. The lowest BCUT2D eigenvalue weighted by Crippen LogP contribution is -2.42. The molecule has 0 radical (unpaired) electrons. The average molecular weight is 285 g/mol. The highest BCUT2D eigenvalue weighted by atomic mass is 16.6. The van der Waals surface area contributed by atoms with Crippen LogP contribution in [-0.4, -0.2) is 33.0 Å². The fraction of sp³-hybridized carbons (Fsp3) is 0.769. The SMILES string of the molecule is CCc1noc([C@@H](O)C(CC)NC(=O)OC(C)(C)C)n1. The molecule has 1 unspecified atom stereocenters. The van der Waals surface area contributed by atoms with Crippen molar-refractivity contribution in [1.82, 2.24) is 15.5 Å². The molecule has 114 valence electrons. The molecular weight excluding hydrogens is 262 g/mol. The molecule has 0 aromatic carbocycles. The van der Waals surface area contributed by atoms with Crippen molar-refractivity contribution in [2.75, 3.05) is 0 Å². The minimum absolute atomic E-state index is 0.102. The van der Waals surface area contributed by atoms with Crippen LogP contribution in [0.15, 0.2) is 4.52 Å². The molecule has 0 spiro atoms. The maximum Gasteiger partial charge on any atom is 0.407 e. The molecule has 1 amide bonds. The summed E-state index contributed by atoms with van der Waals surface area (Å²) in [5, 5.41) is 16.5. The number of amides is 1. The molecule has 1 rings (SSSR count). The number of nitrogens with one attached hydrogen (secondary N) is 1. The van der Waals surface area contributed by atoms with E-state index < -0.39 is 23.8 Å². The highest BCUT2D eigenvalue weighted by Crippen LogP contribution is 2.18. The summed E-state index contributed by atoms with van der Waals surface area (Å²) in [6, 6.07) is -0.546. The Morgan fingerprint density at radius 2 is 2.10 bits per heavy atom. The first-order chi connectivity index (χ1) is 9.26. The van der Waals surface area contributed by atoms with Gasteiger partial charge in [-0.3, -0.25) is 0 Å². The van der Waals surface area contributed by atoms with Gasteiger partial charge in [0.05, 0.1) is 6.04 Å². The molecular formula is C13H23N3O4. The van der Waals surface area contributed by atoms with Crippen molar-refractivity contribution in [1.29, 1.82) is 0 Å². The standard InChI is InChI=1S/C13H23N3O4/c1-6-8(14-12(18)19-13(3,4)5)10(17)11-15-9(7-2)16-20-11/h8,10,17H,6-7H2,1-5H3,(H,14,18)/t8?,10-/m0/s1. The predicted molar refractivity (Wildman–Crippen MR) is 72.1 cm³/mol. The Balaban J connectivity index is 2.67.